The minimum Gasteiger partial charge on any atom is -0.349 e. The van der Waals surface area contributed by atoms with E-state index in [9.17, 15) is 13.2 Å². The molecule has 0 aliphatic heterocycles. The number of hydrogen-bond acceptors (Lipinski definition) is 4. The molecule has 2 atom stereocenters. The van der Waals surface area contributed by atoms with Crippen molar-refractivity contribution in [3.63, 3.8) is 0 Å². The third-order valence-corrected chi connectivity index (χ3v) is 7.32. The highest BCUT2D eigenvalue weighted by molar-refractivity contribution is 7.89. The van der Waals surface area contributed by atoms with Crippen LogP contribution in [0.15, 0.2) is 23.1 Å². The van der Waals surface area contributed by atoms with Crippen LogP contribution < -0.4 is 15.8 Å². The van der Waals surface area contributed by atoms with Gasteiger partial charge in [-0.15, -0.1) is 0 Å². The highest BCUT2D eigenvalue weighted by Gasteiger charge is 2.40. The zero-order chi connectivity index (χ0) is 18.9. The van der Waals surface area contributed by atoms with Gasteiger partial charge in [-0.2, -0.15) is 0 Å². The van der Waals surface area contributed by atoms with Crippen molar-refractivity contribution in [2.75, 3.05) is 6.54 Å². The molecule has 144 valence electrons. The second kappa shape index (κ2) is 7.66. The molecule has 4 N–H and O–H groups in total. The molecule has 0 aromatic heterocycles. The van der Waals surface area contributed by atoms with Crippen LogP contribution in [0.25, 0.3) is 0 Å². The standard InChI is InChI=1S/C19H29N3O3S/c1-3-21-26(24,25)16-8-7-12(2)17(11-16)19(23)22-18-13-5-4-6-14(18)10-15(20)9-13/h7-8,11,13-15,18,21H,3-6,9-10,20H2,1-2H3,(H,22,23). The number of rotatable bonds is 5. The number of nitrogens with two attached hydrogens (primary N) is 1. The molecule has 2 fully saturated rings. The average molecular weight is 380 g/mol. The number of sulfonamides is 1. The first-order chi connectivity index (χ1) is 12.3. The van der Waals surface area contributed by atoms with Crippen molar-refractivity contribution in [3.8, 4) is 0 Å². The molecular formula is C19H29N3O3S. The Balaban J connectivity index is 1.82. The summed E-state index contributed by atoms with van der Waals surface area (Å²) in [5.41, 5.74) is 7.36. The van der Waals surface area contributed by atoms with Gasteiger partial charge >= 0.3 is 0 Å². The Kier molecular flexibility index (Phi) is 5.69. The van der Waals surface area contributed by atoms with Crippen LogP contribution in [0.5, 0.6) is 0 Å². The molecule has 26 heavy (non-hydrogen) atoms. The molecule has 0 heterocycles. The number of carbonyl (C=O) groups excluding carboxylic acids is 1. The maximum Gasteiger partial charge on any atom is 0.251 e. The van der Waals surface area contributed by atoms with E-state index in [1.807, 2.05) is 6.92 Å². The second-order valence-corrected chi connectivity index (χ2v) is 9.43. The first-order valence-electron chi connectivity index (χ1n) is 9.48. The third-order valence-electron chi connectivity index (χ3n) is 5.77. The molecule has 1 aromatic carbocycles. The number of hydrogen-bond donors (Lipinski definition) is 3. The van der Waals surface area contributed by atoms with Gasteiger partial charge in [0.25, 0.3) is 5.91 Å². The molecule has 1 aromatic rings. The SMILES string of the molecule is CCNS(=O)(=O)c1ccc(C)c(C(=O)NC2C3CCCC2CC(N)C3)c1. The fraction of sp³-hybridized carbons (Fsp3) is 0.632. The second-order valence-electron chi connectivity index (χ2n) is 7.66. The van der Waals surface area contributed by atoms with E-state index in [0.717, 1.165) is 31.2 Å². The lowest BCUT2D eigenvalue weighted by Gasteiger charge is -2.45. The number of nitrogens with one attached hydrogen (secondary N) is 2. The number of aryl methyl sites for hydroxylation is 1. The van der Waals surface area contributed by atoms with E-state index < -0.39 is 10.0 Å². The van der Waals surface area contributed by atoms with Crippen LogP contribution in [-0.4, -0.2) is 33.0 Å². The van der Waals surface area contributed by atoms with E-state index in [0.29, 0.717) is 23.9 Å². The van der Waals surface area contributed by atoms with Gasteiger partial charge in [0.15, 0.2) is 0 Å². The fourth-order valence-electron chi connectivity index (χ4n) is 4.54. The predicted molar refractivity (Wildman–Crippen MR) is 101 cm³/mol. The number of fused-ring (bicyclic) bond motifs is 2. The number of amides is 1. The van der Waals surface area contributed by atoms with Gasteiger partial charge in [0.2, 0.25) is 10.0 Å². The van der Waals surface area contributed by atoms with Crippen molar-refractivity contribution in [2.45, 2.75) is 62.9 Å². The maximum absolute atomic E-state index is 12.9. The molecule has 2 unspecified atom stereocenters. The van der Waals surface area contributed by atoms with Crippen molar-refractivity contribution in [1.29, 1.82) is 0 Å². The highest BCUT2D eigenvalue weighted by atomic mass is 32.2. The normalized spacial score (nSPS) is 28.6. The zero-order valence-corrected chi connectivity index (χ0v) is 16.3. The summed E-state index contributed by atoms with van der Waals surface area (Å²) in [6.45, 7) is 3.87. The molecule has 0 saturated heterocycles. The van der Waals surface area contributed by atoms with E-state index in [-0.39, 0.29) is 22.9 Å². The average Bonchev–Trinajstić information content (AvgIpc) is 2.55. The summed E-state index contributed by atoms with van der Waals surface area (Å²) < 4.78 is 27.0. The summed E-state index contributed by atoms with van der Waals surface area (Å²) in [7, 11) is -3.59. The monoisotopic (exact) mass is 379 g/mol. The Morgan fingerprint density at radius 2 is 1.88 bits per heavy atom. The Morgan fingerprint density at radius 1 is 1.23 bits per heavy atom. The summed E-state index contributed by atoms with van der Waals surface area (Å²) in [6, 6.07) is 5.08. The van der Waals surface area contributed by atoms with Crippen molar-refractivity contribution in [2.24, 2.45) is 17.6 Å². The smallest absolute Gasteiger partial charge is 0.251 e. The van der Waals surface area contributed by atoms with Crippen LogP contribution in [0.4, 0.5) is 0 Å². The molecule has 0 spiro atoms. The minimum absolute atomic E-state index is 0.126. The Hall–Kier alpha value is -1.44. The van der Waals surface area contributed by atoms with Gasteiger partial charge in [0, 0.05) is 24.2 Å². The van der Waals surface area contributed by atoms with Crippen LogP contribution in [0.3, 0.4) is 0 Å². The van der Waals surface area contributed by atoms with Gasteiger partial charge < -0.3 is 11.1 Å². The van der Waals surface area contributed by atoms with Crippen molar-refractivity contribution >= 4 is 15.9 Å². The van der Waals surface area contributed by atoms with E-state index in [4.69, 9.17) is 5.73 Å². The molecule has 2 saturated carbocycles. The number of carbonyl (C=O) groups is 1. The molecular weight excluding hydrogens is 350 g/mol. The topological polar surface area (TPSA) is 101 Å². The molecule has 0 radical (unpaired) electrons. The van der Waals surface area contributed by atoms with Crippen LogP contribution >= 0.6 is 0 Å². The lowest BCUT2D eigenvalue weighted by Crippen LogP contribution is -2.53. The quantitative estimate of drug-likeness (QED) is 0.727. The molecule has 3 rings (SSSR count). The Bertz CT molecular complexity index is 764. The van der Waals surface area contributed by atoms with Crippen molar-refractivity contribution < 1.29 is 13.2 Å². The van der Waals surface area contributed by atoms with Crippen LogP contribution in [0.2, 0.25) is 0 Å². The van der Waals surface area contributed by atoms with E-state index >= 15 is 0 Å². The van der Waals surface area contributed by atoms with Crippen LogP contribution in [0, 0.1) is 18.8 Å². The summed E-state index contributed by atoms with van der Waals surface area (Å²) in [4.78, 5) is 13.1. The maximum atomic E-state index is 12.9. The van der Waals surface area contributed by atoms with Crippen molar-refractivity contribution in [3.05, 3.63) is 29.3 Å². The van der Waals surface area contributed by atoms with Gasteiger partial charge in [-0.05, 0) is 62.1 Å². The number of benzene rings is 1. The predicted octanol–water partition coefficient (Wildman–Crippen LogP) is 1.93. The van der Waals surface area contributed by atoms with Gasteiger partial charge in [-0.1, -0.05) is 19.4 Å². The van der Waals surface area contributed by atoms with Gasteiger partial charge in [0.1, 0.15) is 0 Å². The molecule has 1 amide bonds. The lowest BCUT2D eigenvalue weighted by molar-refractivity contribution is 0.0755. The molecule has 2 aliphatic carbocycles. The molecule has 2 bridgehead atoms. The largest absolute Gasteiger partial charge is 0.349 e. The van der Waals surface area contributed by atoms with Crippen LogP contribution in [0.1, 0.15) is 54.9 Å². The van der Waals surface area contributed by atoms with E-state index in [1.54, 1.807) is 19.1 Å². The first-order valence-corrected chi connectivity index (χ1v) is 11.0. The van der Waals surface area contributed by atoms with Gasteiger partial charge in [-0.25, -0.2) is 13.1 Å². The first kappa shape index (κ1) is 19.3. The Morgan fingerprint density at radius 3 is 2.50 bits per heavy atom. The molecule has 6 nitrogen and oxygen atoms in total. The highest BCUT2D eigenvalue weighted by Crippen LogP contribution is 2.39. The molecule has 2 aliphatic rings. The lowest BCUT2D eigenvalue weighted by atomic mass is 9.67. The Labute approximate surface area is 156 Å². The van der Waals surface area contributed by atoms with Crippen molar-refractivity contribution in [1.82, 2.24) is 10.0 Å². The van der Waals surface area contributed by atoms with Gasteiger partial charge in [-0.3, -0.25) is 4.79 Å². The van der Waals surface area contributed by atoms with E-state index in [2.05, 4.69) is 10.0 Å². The summed E-state index contributed by atoms with van der Waals surface area (Å²) in [5.74, 6) is 0.666. The third kappa shape index (κ3) is 3.94. The molecule has 7 heteroatoms. The van der Waals surface area contributed by atoms with Crippen LogP contribution in [-0.2, 0) is 10.0 Å². The zero-order valence-electron chi connectivity index (χ0n) is 15.5. The summed E-state index contributed by atoms with van der Waals surface area (Å²) in [6.07, 6.45) is 5.31. The summed E-state index contributed by atoms with van der Waals surface area (Å²) >= 11 is 0. The summed E-state index contributed by atoms with van der Waals surface area (Å²) in [5, 5.41) is 3.20. The van der Waals surface area contributed by atoms with Gasteiger partial charge in [0.05, 0.1) is 4.90 Å². The minimum atomic E-state index is -3.59. The fourth-order valence-corrected chi connectivity index (χ4v) is 5.61. The van der Waals surface area contributed by atoms with E-state index in [1.165, 1.54) is 12.5 Å².